The third-order valence-electron chi connectivity index (χ3n) is 4.05. The Labute approximate surface area is 178 Å². The normalized spacial score (nSPS) is 15.3. The van der Waals surface area contributed by atoms with Crippen LogP contribution in [0.2, 0.25) is 0 Å². The first-order valence-corrected chi connectivity index (χ1v) is 10.2. The maximum atomic E-state index is 13.2. The van der Waals surface area contributed by atoms with Gasteiger partial charge in [-0.25, -0.2) is 8.78 Å². The van der Waals surface area contributed by atoms with Crippen LogP contribution in [0.15, 0.2) is 51.8 Å². The number of carbonyl (C=O) groups excluding carboxylic acids is 3. The molecule has 0 saturated carbocycles. The summed E-state index contributed by atoms with van der Waals surface area (Å²) in [5.41, 5.74) is 1.24. The Morgan fingerprint density at radius 3 is 2.55 bits per heavy atom. The smallest absolute Gasteiger partial charge is 0.293 e. The first-order valence-electron chi connectivity index (χ1n) is 8.55. The van der Waals surface area contributed by atoms with Crippen LogP contribution in [-0.4, -0.2) is 35.0 Å². The summed E-state index contributed by atoms with van der Waals surface area (Å²) in [6, 6.07) is 9.85. The van der Waals surface area contributed by atoms with Gasteiger partial charge in [-0.05, 0) is 69.2 Å². The number of halogens is 3. The zero-order chi connectivity index (χ0) is 21.0. The Balaban J connectivity index is 1.53. The highest BCUT2D eigenvalue weighted by atomic mass is 79.9. The van der Waals surface area contributed by atoms with Gasteiger partial charge in [0.2, 0.25) is 5.91 Å². The molecule has 0 unspecified atom stereocenters. The zero-order valence-electron chi connectivity index (χ0n) is 15.0. The maximum absolute atomic E-state index is 13.2. The minimum atomic E-state index is -0.457. The lowest BCUT2D eigenvalue weighted by atomic mass is 10.1. The molecule has 1 aliphatic rings. The molecule has 9 heteroatoms. The van der Waals surface area contributed by atoms with E-state index in [2.05, 4.69) is 21.2 Å². The number of benzene rings is 2. The van der Waals surface area contributed by atoms with Crippen molar-refractivity contribution in [1.82, 2.24) is 10.2 Å². The molecule has 0 spiro atoms. The quantitative estimate of drug-likeness (QED) is 0.631. The van der Waals surface area contributed by atoms with E-state index in [1.165, 1.54) is 48.5 Å². The number of rotatable bonds is 6. The fourth-order valence-electron chi connectivity index (χ4n) is 2.61. The first kappa shape index (κ1) is 21.2. The van der Waals surface area contributed by atoms with Gasteiger partial charge in [-0.3, -0.25) is 19.3 Å². The van der Waals surface area contributed by atoms with Gasteiger partial charge in [-0.1, -0.05) is 18.2 Å². The summed E-state index contributed by atoms with van der Waals surface area (Å²) in [5, 5.41) is 2.21. The molecule has 1 N–H and O–H groups in total. The molecule has 2 aromatic carbocycles. The van der Waals surface area contributed by atoms with Gasteiger partial charge in [0.25, 0.3) is 11.1 Å². The molecule has 0 atom stereocenters. The molecule has 1 fully saturated rings. The van der Waals surface area contributed by atoms with E-state index in [1.807, 2.05) is 0 Å². The van der Waals surface area contributed by atoms with Crippen molar-refractivity contribution in [1.29, 1.82) is 0 Å². The fraction of sp³-hybridized carbons (Fsp3) is 0.150. The largest absolute Gasteiger partial charge is 0.354 e. The van der Waals surface area contributed by atoms with E-state index in [9.17, 15) is 23.2 Å². The van der Waals surface area contributed by atoms with Gasteiger partial charge in [-0.15, -0.1) is 0 Å². The standard InChI is InChI=1S/C20H15BrF2N2O3S/c21-15-9-13(3-6-16(15)23)11-18(26)24-7-8-25-19(27)17(29-20(25)28)10-12-1-4-14(22)5-2-12/h1-6,9-10H,7-8,11H2,(H,24,26)/b17-10+. The molecule has 3 amide bonds. The number of hydrogen-bond acceptors (Lipinski definition) is 4. The molecule has 2 aromatic rings. The lowest BCUT2D eigenvalue weighted by molar-refractivity contribution is -0.124. The second kappa shape index (κ2) is 9.32. The van der Waals surface area contributed by atoms with Crippen LogP contribution in [0.1, 0.15) is 11.1 Å². The minimum absolute atomic E-state index is 0.0320. The van der Waals surface area contributed by atoms with Gasteiger partial charge in [0.15, 0.2) is 0 Å². The van der Waals surface area contributed by atoms with Crippen LogP contribution in [0.25, 0.3) is 6.08 Å². The van der Waals surface area contributed by atoms with Crippen molar-refractivity contribution in [3.05, 3.63) is 74.6 Å². The molecule has 29 heavy (non-hydrogen) atoms. The van der Waals surface area contributed by atoms with Crippen LogP contribution in [0.4, 0.5) is 13.6 Å². The monoisotopic (exact) mass is 480 g/mol. The van der Waals surface area contributed by atoms with Crippen LogP contribution < -0.4 is 5.32 Å². The first-order chi connectivity index (χ1) is 13.8. The summed E-state index contributed by atoms with van der Waals surface area (Å²) in [7, 11) is 0. The number of carbonyl (C=O) groups is 3. The molecule has 1 aliphatic heterocycles. The molecule has 0 aliphatic carbocycles. The number of thioether (sulfide) groups is 1. The molecule has 5 nitrogen and oxygen atoms in total. The summed E-state index contributed by atoms with van der Waals surface area (Å²) in [6.07, 6.45) is 1.57. The minimum Gasteiger partial charge on any atom is -0.354 e. The lowest BCUT2D eigenvalue weighted by Gasteiger charge is -2.13. The van der Waals surface area contributed by atoms with Gasteiger partial charge >= 0.3 is 0 Å². The van der Waals surface area contributed by atoms with Crippen LogP contribution in [0.3, 0.4) is 0 Å². The second-order valence-electron chi connectivity index (χ2n) is 6.16. The molecule has 150 valence electrons. The van der Waals surface area contributed by atoms with E-state index in [4.69, 9.17) is 0 Å². The van der Waals surface area contributed by atoms with Crippen molar-refractivity contribution in [2.24, 2.45) is 0 Å². The number of imide groups is 1. The highest BCUT2D eigenvalue weighted by Gasteiger charge is 2.34. The highest BCUT2D eigenvalue weighted by molar-refractivity contribution is 9.10. The molecule has 0 radical (unpaired) electrons. The van der Waals surface area contributed by atoms with E-state index >= 15 is 0 Å². The highest BCUT2D eigenvalue weighted by Crippen LogP contribution is 2.31. The van der Waals surface area contributed by atoms with Gasteiger partial charge in [0.1, 0.15) is 11.6 Å². The molecule has 0 bridgehead atoms. The average molecular weight is 481 g/mol. The van der Waals surface area contributed by atoms with Crippen LogP contribution in [0, 0.1) is 11.6 Å². The fourth-order valence-corrected chi connectivity index (χ4v) is 3.90. The molecular weight excluding hydrogens is 466 g/mol. The Bertz CT molecular complexity index is 996. The summed E-state index contributed by atoms with van der Waals surface area (Å²) in [6.45, 7) is 0.132. The lowest BCUT2D eigenvalue weighted by Crippen LogP contribution is -2.37. The predicted molar refractivity (Wildman–Crippen MR) is 110 cm³/mol. The van der Waals surface area contributed by atoms with Crippen molar-refractivity contribution in [2.75, 3.05) is 13.1 Å². The summed E-state index contributed by atoms with van der Waals surface area (Å²) in [5.74, 6) is -1.57. The third kappa shape index (κ3) is 5.51. The molecule has 1 saturated heterocycles. The van der Waals surface area contributed by atoms with Crippen LogP contribution in [-0.2, 0) is 16.0 Å². The maximum Gasteiger partial charge on any atom is 0.293 e. The van der Waals surface area contributed by atoms with Gasteiger partial charge < -0.3 is 5.32 Å². The summed E-state index contributed by atoms with van der Waals surface area (Å²) < 4.78 is 26.5. The summed E-state index contributed by atoms with van der Waals surface area (Å²) >= 11 is 3.86. The van der Waals surface area contributed by atoms with E-state index in [0.29, 0.717) is 11.1 Å². The zero-order valence-corrected chi connectivity index (χ0v) is 17.4. The molecule has 1 heterocycles. The Morgan fingerprint density at radius 2 is 1.86 bits per heavy atom. The molecular formula is C20H15BrF2N2O3S. The van der Waals surface area contributed by atoms with Crippen molar-refractivity contribution in [2.45, 2.75) is 6.42 Å². The number of nitrogens with one attached hydrogen (secondary N) is 1. The Morgan fingerprint density at radius 1 is 1.14 bits per heavy atom. The number of hydrogen-bond donors (Lipinski definition) is 1. The Kier molecular flexibility index (Phi) is 6.81. The van der Waals surface area contributed by atoms with Gasteiger partial charge in [0.05, 0.1) is 15.8 Å². The van der Waals surface area contributed by atoms with E-state index < -0.39 is 17.0 Å². The molecule has 0 aromatic heterocycles. The second-order valence-corrected chi connectivity index (χ2v) is 8.01. The van der Waals surface area contributed by atoms with Gasteiger partial charge in [0, 0.05) is 13.1 Å². The SMILES string of the molecule is O=C(Cc1ccc(F)c(Br)c1)NCCN1C(=O)S/C(=C/c2ccc(F)cc2)C1=O. The Hall–Kier alpha value is -2.52. The topological polar surface area (TPSA) is 66.5 Å². The van der Waals surface area contributed by atoms with Crippen molar-refractivity contribution in [3.8, 4) is 0 Å². The van der Waals surface area contributed by atoms with Crippen molar-refractivity contribution in [3.63, 3.8) is 0 Å². The van der Waals surface area contributed by atoms with Gasteiger partial charge in [-0.2, -0.15) is 0 Å². The van der Waals surface area contributed by atoms with Crippen molar-refractivity contribution < 1.29 is 23.2 Å². The number of nitrogens with zero attached hydrogens (tertiary/aromatic N) is 1. The number of amides is 3. The summed E-state index contributed by atoms with van der Waals surface area (Å²) in [4.78, 5) is 37.8. The van der Waals surface area contributed by atoms with E-state index in [1.54, 1.807) is 0 Å². The van der Waals surface area contributed by atoms with E-state index in [0.717, 1.165) is 16.7 Å². The van der Waals surface area contributed by atoms with E-state index in [-0.39, 0.29) is 40.6 Å². The van der Waals surface area contributed by atoms with Crippen LogP contribution >= 0.6 is 27.7 Å². The third-order valence-corrected chi connectivity index (χ3v) is 5.56. The van der Waals surface area contributed by atoms with Crippen molar-refractivity contribution >= 4 is 50.8 Å². The van der Waals surface area contributed by atoms with Crippen LogP contribution in [0.5, 0.6) is 0 Å². The molecule has 3 rings (SSSR count). The predicted octanol–water partition coefficient (Wildman–Crippen LogP) is 4.12. The average Bonchev–Trinajstić information content (AvgIpc) is 2.94.